The second-order valence-electron chi connectivity index (χ2n) is 17.2. The lowest BCUT2D eigenvalue weighted by molar-refractivity contribution is -0.136. The zero-order valence-electron chi connectivity index (χ0n) is 33.2. The van der Waals surface area contributed by atoms with Crippen molar-refractivity contribution in [1.29, 1.82) is 0 Å². The number of hydrogen-bond donors (Lipinski definition) is 1. The molecule has 6 heterocycles. The van der Waals surface area contributed by atoms with Crippen LogP contribution in [0.5, 0.6) is 0 Å². The van der Waals surface area contributed by atoms with Crippen molar-refractivity contribution >= 4 is 63.9 Å². The summed E-state index contributed by atoms with van der Waals surface area (Å²) in [5.74, 6) is -1.23. The van der Waals surface area contributed by atoms with Crippen molar-refractivity contribution < 1.29 is 24.0 Å². The average molecular weight is 817 g/mol. The molecule has 0 saturated carbocycles. The minimum atomic E-state index is -0.968. The van der Waals surface area contributed by atoms with Gasteiger partial charge in [-0.05, 0) is 104 Å². The highest BCUT2D eigenvalue weighted by atomic mass is 35.5. The molecule has 0 aliphatic carbocycles. The fourth-order valence-electron chi connectivity index (χ4n) is 10.1. The van der Waals surface area contributed by atoms with Crippen molar-refractivity contribution in [1.82, 2.24) is 20.0 Å². The van der Waals surface area contributed by atoms with E-state index in [2.05, 4.69) is 41.9 Å². The lowest BCUT2D eigenvalue weighted by Gasteiger charge is -2.40. The molecule has 13 nitrogen and oxygen atoms in total. The Morgan fingerprint density at radius 1 is 0.729 bits per heavy atom. The van der Waals surface area contributed by atoms with E-state index in [4.69, 9.17) is 18.2 Å². The van der Waals surface area contributed by atoms with Crippen LogP contribution in [0.25, 0.3) is 4.85 Å². The molecule has 59 heavy (non-hydrogen) atoms. The van der Waals surface area contributed by atoms with Crippen LogP contribution in [0.2, 0.25) is 5.02 Å². The van der Waals surface area contributed by atoms with Crippen LogP contribution in [-0.4, -0.2) is 122 Å². The lowest BCUT2D eigenvalue weighted by Crippen LogP contribution is -2.54. The number of rotatable bonds is 7. The largest absolute Gasteiger partial charge is 0.372 e. The number of piperidine rings is 3. The van der Waals surface area contributed by atoms with E-state index in [1.54, 1.807) is 18.2 Å². The smallest absolute Gasteiger partial charge is 0.262 e. The summed E-state index contributed by atoms with van der Waals surface area (Å²) >= 11 is 6.33. The van der Waals surface area contributed by atoms with E-state index in [0.29, 0.717) is 27.8 Å². The van der Waals surface area contributed by atoms with Gasteiger partial charge < -0.3 is 19.6 Å². The highest BCUT2D eigenvalue weighted by Crippen LogP contribution is 2.43. The predicted octanol–water partition coefficient (Wildman–Crippen LogP) is 5.46. The summed E-state index contributed by atoms with van der Waals surface area (Å²) in [5, 5.41) is 2.75. The summed E-state index contributed by atoms with van der Waals surface area (Å²) in [7, 11) is 0. The lowest BCUT2D eigenvalue weighted by atomic mass is 9.77. The third-order valence-corrected chi connectivity index (χ3v) is 14.0. The third kappa shape index (κ3) is 7.64. The van der Waals surface area contributed by atoms with Crippen molar-refractivity contribution in [3.8, 4) is 0 Å². The molecular formula is C45H49ClN8O5. The Morgan fingerprint density at radius 2 is 1.37 bits per heavy atom. The quantitative estimate of drug-likeness (QED) is 0.245. The number of likely N-dealkylation sites (tertiary alicyclic amines) is 1. The Morgan fingerprint density at radius 3 is 2.07 bits per heavy atom. The van der Waals surface area contributed by atoms with Crippen LogP contribution in [-0.2, 0) is 9.59 Å². The maximum absolute atomic E-state index is 13.6. The first-order chi connectivity index (χ1) is 28.6. The average Bonchev–Trinajstić information content (AvgIpc) is 3.78. The molecule has 3 aromatic rings. The topological polar surface area (TPSA) is 121 Å². The molecule has 3 aromatic carbocycles. The molecule has 5 fully saturated rings. The molecular weight excluding hydrogens is 768 g/mol. The van der Waals surface area contributed by atoms with E-state index in [-0.39, 0.29) is 30.1 Å². The number of benzene rings is 3. The van der Waals surface area contributed by atoms with Crippen LogP contribution in [0.15, 0.2) is 60.7 Å². The van der Waals surface area contributed by atoms with Gasteiger partial charge in [-0.3, -0.25) is 39.1 Å². The molecule has 306 valence electrons. The Labute approximate surface area is 349 Å². The zero-order chi connectivity index (χ0) is 40.8. The van der Waals surface area contributed by atoms with Crippen LogP contribution in [0.4, 0.5) is 22.7 Å². The van der Waals surface area contributed by atoms with Crippen LogP contribution >= 0.6 is 11.6 Å². The van der Waals surface area contributed by atoms with E-state index < -0.39 is 23.8 Å². The van der Waals surface area contributed by atoms with Gasteiger partial charge in [-0.2, -0.15) is 0 Å². The van der Waals surface area contributed by atoms with Gasteiger partial charge in [0, 0.05) is 106 Å². The molecule has 1 unspecified atom stereocenters. The van der Waals surface area contributed by atoms with Gasteiger partial charge in [-0.1, -0.05) is 17.7 Å². The van der Waals surface area contributed by atoms with Gasteiger partial charge in [0.25, 0.3) is 17.7 Å². The Hall–Kier alpha value is -5.45. The minimum Gasteiger partial charge on any atom is -0.372 e. The zero-order valence-corrected chi connectivity index (χ0v) is 34.0. The monoisotopic (exact) mass is 816 g/mol. The first-order valence-corrected chi connectivity index (χ1v) is 21.3. The Bertz CT molecular complexity index is 2220. The van der Waals surface area contributed by atoms with Gasteiger partial charge in [0.05, 0.1) is 17.7 Å². The SMILES string of the molecule is [C-]#[N+]c1ccc(N2CCC3(CCN(C(=O)c4ccc(N5CCC(CN6CCN(c7ccc8c(c7)C(=O)N(C7CCC(=O)NC7=O)C8=O)CC6)CC5)cc4)CC3)C2)cc1Cl. The van der Waals surface area contributed by atoms with Crippen molar-refractivity contribution in [2.75, 3.05) is 86.7 Å². The molecule has 1 N–H and O–H groups in total. The normalized spacial score (nSPS) is 22.6. The maximum atomic E-state index is 13.6. The molecule has 5 saturated heterocycles. The first kappa shape index (κ1) is 39.0. The highest BCUT2D eigenvalue weighted by molar-refractivity contribution is 6.33. The molecule has 0 bridgehead atoms. The summed E-state index contributed by atoms with van der Waals surface area (Å²) in [4.78, 5) is 80.2. The van der Waals surface area contributed by atoms with Crippen LogP contribution < -0.4 is 20.0 Å². The molecule has 6 aliphatic rings. The van der Waals surface area contributed by atoms with Gasteiger partial charge in [0.15, 0.2) is 0 Å². The van der Waals surface area contributed by atoms with Gasteiger partial charge in [-0.25, -0.2) is 4.85 Å². The van der Waals surface area contributed by atoms with E-state index in [9.17, 15) is 24.0 Å². The number of hydrogen-bond acceptors (Lipinski definition) is 9. The third-order valence-electron chi connectivity index (χ3n) is 13.7. The summed E-state index contributed by atoms with van der Waals surface area (Å²) < 4.78 is 0. The number of carbonyl (C=O) groups is 5. The summed E-state index contributed by atoms with van der Waals surface area (Å²) in [6.45, 7) is 17.2. The standard InChI is InChI=1S/C45H49ClN8O5/c1-47-38-9-7-34(27-37(38)46)53-21-16-45(29-53)14-19-52(20-15-45)42(57)31-2-4-32(5-3-31)50-17-12-30(13-18-50)28-49-22-24-51(25-23-49)33-6-8-35-36(26-33)44(59)54(43(35)58)39-10-11-40(55)48-41(39)56/h2-9,26-27,30,39H,10-25,28-29H2,(H,48,55,56). The summed E-state index contributed by atoms with van der Waals surface area (Å²) in [5.41, 5.74) is 5.17. The fraction of sp³-hybridized carbons (Fsp3) is 0.467. The second-order valence-corrected chi connectivity index (χ2v) is 17.6. The number of nitrogens with one attached hydrogen (secondary N) is 1. The summed E-state index contributed by atoms with van der Waals surface area (Å²) in [6.07, 6.45) is 5.53. The number of imide groups is 2. The predicted molar refractivity (Wildman–Crippen MR) is 225 cm³/mol. The number of amides is 5. The van der Waals surface area contributed by atoms with Crippen molar-refractivity contribution in [3.63, 3.8) is 0 Å². The molecule has 0 aromatic heterocycles. The number of fused-ring (bicyclic) bond motifs is 1. The number of nitrogens with zero attached hydrogens (tertiary/aromatic N) is 7. The maximum Gasteiger partial charge on any atom is 0.262 e. The van der Waals surface area contributed by atoms with Crippen molar-refractivity contribution in [2.24, 2.45) is 11.3 Å². The number of carbonyl (C=O) groups excluding carboxylic acids is 5. The van der Waals surface area contributed by atoms with Crippen molar-refractivity contribution in [3.05, 3.63) is 93.8 Å². The number of piperazine rings is 1. The molecule has 14 heteroatoms. The molecule has 9 rings (SSSR count). The van der Waals surface area contributed by atoms with Gasteiger partial charge in [0.1, 0.15) is 6.04 Å². The van der Waals surface area contributed by atoms with Gasteiger partial charge in [-0.15, -0.1) is 0 Å². The first-order valence-electron chi connectivity index (χ1n) is 21.0. The number of halogens is 1. The molecule has 5 amide bonds. The Balaban J connectivity index is 0.713. The number of anilines is 3. The van der Waals surface area contributed by atoms with Gasteiger partial charge in [0.2, 0.25) is 17.5 Å². The minimum absolute atomic E-state index is 0.0962. The van der Waals surface area contributed by atoms with Crippen LogP contribution in [0.1, 0.15) is 76.0 Å². The van der Waals surface area contributed by atoms with Crippen LogP contribution in [0.3, 0.4) is 0 Å². The summed E-state index contributed by atoms with van der Waals surface area (Å²) in [6, 6.07) is 18.3. The highest BCUT2D eigenvalue weighted by Gasteiger charge is 2.45. The molecule has 1 spiro atoms. The fourth-order valence-corrected chi connectivity index (χ4v) is 10.3. The molecule has 1 atom stereocenters. The molecule has 0 radical (unpaired) electrons. The van der Waals surface area contributed by atoms with E-state index >= 15 is 0 Å². The second kappa shape index (κ2) is 16.0. The van der Waals surface area contributed by atoms with E-state index in [0.717, 1.165) is 132 Å². The molecule has 6 aliphatic heterocycles. The van der Waals surface area contributed by atoms with Gasteiger partial charge >= 0.3 is 0 Å². The van der Waals surface area contributed by atoms with Crippen molar-refractivity contribution in [2.45, 2.75) is 51.0 Å². The Kier molecular flexibility index (Phi) is 10.6. The van der Waals surface area contributed by atoms with Crippen LogP contribution in [0, 0.1) is 17.9 Å². The van der Waals surface area contributed by atoms with E-state index in [1.807, 2.05) is 35.2 Å². The van der Waals surface area contributed by atoms with E-state index in [1.165, 1.54) is 0 Å².